The lowest BCUT2D eigenvalue weighted by Crippen LogP contribution is -2.31. The second-order valence-electron chi connectivity index (χ2n) is 2.28. The van der Waals surface area contributed by atoms with Gasteiger partial charge in [0.05, 0.1) is 31.6 Å². The molecule has 0 bridgehead atoms. The second-order valence-corrected chi connectivity index (χ2v) is 2.28. The normalized spacial score (nSPS) is 13.5. The number of rotatable bonds is 4. The third-order valence-corrected chi connectivity index (χ3v) is 1.53. The number of ether oxygens (including phenoxy) is 2. The van der Waals surface area contributed by atoms with Crippen LogP contribution in [0.3, 0.4) is 0 Å². The van der Waals surface area contributed by atoms with Crippen molar-refractivity contribution in [3.63, 3.8) is 0 Å². The predicted molar refractivity (Wildman–Crippen MR) is 42.1 cm³/mol. The molecule has 0 spiro atoms. The Balaban J connectivity index is 4.46. The molecule has 0 radical (unpaired) electrons. The van der Waals surface area contributed by atoms with Gasteiger partial charge in [0, 0.05) is 7.11 Å². The molecular formula is C8H10N2O3. The molecule has 0 aliphatic carbocycles. The van der Waals surface area contributed by atoms with Gasteiger partial charge in [-0.15, -0.1) is 0 Å². The van der Waals surface area contributed by atoms with Gasteiger partial charge in [-0.3, -0.25) is 0 Å². The molecule has 2 atom stereocenters. The first-order valence-electron chi connectivity index (χ1n) is 3.58. The Labute approximate surface area is 76.5 Å². The molecule has 0 N–H and O–H groups in total. The van der Waals surface area contributed by atoms with Crippen LogP contribution in [0.1, 0.15) is 6.42 Å². The summed E-state index contributed by atoms with van der Waals surface area (Å²) in [5.41, 5.74) is 0. The van der Waals surface area contributed by atoms with Crippen LogP contribution in [0.5, 0.6) is 0 Å². The zero-order chi connectivity index (χ0) is 10.3. The number of esters is 1. The Bertz CT molecular complexity index is 251. The van der Waals surface area contributed by atoms with Crippen molar-refractivity contribution in [2.24, 2.45) is 5.92 Å². The highest BCUT2D eigenvalue weighted by Crippen LogP contribution is 2.11. The van der Waals surface area contributed by atoms with Crippen molar-refractivity contribution in [3.8, 4) is 12.1 Å². The Morgan fingerprint density at radius 1 is 1.46 bits per heavy atom. The van der Waals surface area contributed by atoms with Gasteiger partial charge in [-0.05, 0) is 0 Å². The molecule has 0 rings (SSSR count). The molecule has 70 valence electrons. The van der Waals surface area contributed by atoms with E-state index in [9.17, 15) is 4.79 Å². The molecule has 0 aromatic heterocycles. The fourth-order valence-corrected chi connectivity index (χ4v) is 0.860. The Morgan fingerprint density at radius 3 is 2.38 bits per heavy atom. The van der Waals surface area contributed by atoms with E-state index in [1.807, 2.05) is 6.07 Å². The van der Waals surface area contributed by atoms with Crippen LogP contribution in [-0.2, 0) is 14.3 Å². The van der Waals surface area contributed by atoms with E-state index >= 15 is 0 Å². The van der Waals surface area contributed by atoms with E-state index in [2.05, 4.69) is 4.74 Å². The summed E-state index contributed by atoms with van der Waals surface area (Å²) < 4.78 is 9.17. The van der Waals surface area contributed by atoms with Gasteiger partial charge in [0.1, 0.15) is 0 Å². The molecule has 0 saturated heterocycles. The fourth-order valence-electron chi connectivity index (χ4n) is 0.860. The van der Waals surface area contributed by atoms with Crippen LogP contribution < -0.4 is 0 Å². The summed E-state index contributed by atoms with van der Waals surface area (Å²) in [6.07, 6.45) is -1.03. The highest BCUT2D eigenvalue weighted by Gasteiger charge is 2.28. The van der Waals surface area contributed by atoms with E-state index in [0.29, 0.717) is 0 Å². The number of nitrogens with zero attached hydrogens (tertiary/aromatic N) is 2. The maximum absolute atomic E-state index is 11.0. The molecule has 0 heterocycles. The fraction of sp³-hybridized carbons (Fsp3) is 0.625. The number of carbonyl (C=O) groups is 1. The van der Waals surface area contributed by atoms with Gasteiger partial charge in [0.15, 0.2) is 6.10 Å². The molecule has 0 aromatic rings. The average Bonchev–Trinajstić information content (AvgIpc) is 2.17. The molecule has 0 saturated carbocycles. The van der Waals surface area contributed by atoms with Gasteiger partial charge in [0.25, 0.3) is 0 Å². The van der Waals surface area contributed by atoms with Gasteiger partial charge >= 0.3 is 5.97 Å². The summed E-state index contributed by atoms with van der Waals surface area (Å²) >= 11 is 0. The summed E-state index contributed by atoms with van der Waals surface area (Å²) in [4.78, 5) is 11.0. The summed E-state index contributed by atoms with van der Waals surface area (Å²) in [5.74, 6) is -1.41. The van der Waals surface area contributed by atoms with Crippen LogP contribution in [0, 0.1) is 28.6 Å². The van der Waals surface area contributed by atoms with Gasteiger partial charge in [-0.25, -0.2) is 4.79 Å². The Hall–Kier alpha value is -1.59. The van der Waals surface area contributed by atoms with E-state index in [1.165, 1.54) is 14.2 Å². The van der Waals surface area contributed by atoms with Gasteiger partial charge in [0.2, 0.25) is 0 Å². The first kappa shape index (κ1) is 11.4. The molecule has 0 aliphatic heterocycles. The molecular weight excluding hydrogens is 172 g/mol. The second kappa shape index (κ2) is 5.99. The van der Waals surface area contributed by atoms with Crippen molar-refractivity contribution in [1.82, 2.24) is 0 Å². The lowest BCUT2D eigenvalue weighted by atomic mass is 10.0. The Kier molecular flexibility index (Phi) is 5.25. The van der Waals surface area contributed by atoms with Gasteiger partial charge < -0.3 is 9.47 Å². The van der Waals surface area contributed by atoms with Crippen molar-refractivity contribution in [3.05, 3.63) is 0 Å². The zero-order valence-electron chi connectivity index (χ0n) is 7.48. The number of nitriles is 2. The third-order valence-electron chi connectivity index (χ3n) is 1.53. The minimum Gasteiger partial charge on any atom is -0.467 e. The number of hydrogen-bond donors (Lipinski definition) is 0. The van der Waals surface area contributed by atoms with Crippen LogP contribution in [0.15, 0.2) is 0 Å². The standard InChI is InChI=1S/C8H10N2O3/c1-12-7(8(11)13-2)6(5-10)3-4-9/h6-7H,3H2,1-2H3. The first-order chi connectivity index (χ1) is 6.21. The summed E-state index contributed by atoms with van der Waals surface area (Å²) in [6, 6.07) is 3.62. The van der Waals surface area contributed by atoms with E-state index in [1.54, 1.807) is 6.07 Å². The maximum Gasteiger partial charge on any atom is 0.336 e. The van der Waals surface area contributed by atoms with Crippen molar-refractivity contribution >= 4 is 5.97 Å². The van der Waals surface area contributed by atoms with E-state index < -0.39 is 18.0 Å². The van der Waals surface area contributed by atoms with Crippen LogP contribution in [-0.4, -0.2) is 26.3 Å². The smallest absolute Gasteiger partial charge is 0.336 e. The molecule has 0 fully saturated rings. The van der Waals surface area contributed by atoms with E-state index in [0.717, 1.165) is 0 Å². The van der Waals surface area contributed by atoms with Crippen molar-refractivity contribution in [2.75, 3.05) is 14.2 Å². The average molecular weight is 182 g/mol. The number of hydrogen-bond acceptors (Lipinski definition) is 5. The van der Waals surface area contributed by atoms with Crippen molar-refractivity contribution < 1.29 is 14.3 Å². The van der Waals surface area contributed by atoms with Gasteiger partial charge in [-0.2, -0.15) is 10.5 Å². The summed E-state index contributed by atoms with van der Waals surface area (Å²) in [6.45, 7) is 0. The SMILES string of the molecule is COC(=O)C(OC)C(C#N)CC#N. The van der Waals surface area contributed by atoms with Crippen molar-refractivity contribution in [2.45, 2.75) is 12.5 Å². The van der Waals surface area contributed by atoms with Crippen LogP contribution in [0.2, 0.25) is 0 Å². The molecule has 0 aliphatic rings. The number of carbonyl (C=O) groups excluding carboxylic acids is 1. The van der Waals surface area contributed by atoms with E-state index in [-0.39, 0.29) is 6.42 Å². The molecule has 0 amide bonds. The number of methoxy groups -OCH3 is 2. The highest BCUT2D eigenvalue weighted by molar-refractivity contribution is 5.75. The summed E-state index contributed by atoms with van der Waals surface area (Å²) in [7, 11) is 2.50. The minimum absolute atomic E-state index is 0.0515. The molecule has 0 aromatic carbocycles. The quantitative estimate of drug-likeness (QED) is 0.581. The van der Waals surface area contributed by atoms with Crippen molar-refractivity contribution in [1.29, 1.82) is 10.5 Å². The van der Waals surface area contributed by atoms with Crippen LogP contribution >= 0.6 is 0 Å². The van der Waals surface area contributed by atoms with Gasteiger partial charge in [-0.1, -0.05) is 0 Å². The minimum atomic E-state index is -0.977. The molecule has 5 heteroatoms. The van der Waals surface area contributed by atoms with E-state index in [4.69, 9.17) is 15.3 Å². The zero-order valence-corrected chi connectivity index (χ0v) is 7.48. The first-order valence-corrected chi connectivity index (χ1v) is 3.58. The maximum atomic E-state index is 11.0. The molecule has 5 nitrogen and oxygen atoms in total. The highest BCUT2D eigenvalue weighted by atomic mass is 16.6. The third kappa shape index (κ3) is 3.10. The molecule has 2 unspecified atom stereocenters. The largest absolute Gasteiger partial charge is 0.467 e. The lowest BCUT2D eigenvalue weighted by molar-refractivity contribution is -0.154. The van der Waals surface area contributed by atoms with Crippen LogP contribution in [0.25, 0.3) is 0 Å². The topological polar surface area (TPSA) is 83.1 Å². The predicted octanol–water partition coefficient (Wildman–Crippen LogP) is 0.228. The molecule has 13 heavy (non-hydrogen) atoms. The Morgan fingerprint density at radius 2 is 2.08 bits per heavy atom. The summed E-state index contributed by atoms with van der Waals surface area (Å²) in [5, 5.41) is 17.0. The van der Waals surface area contributed by atoms with Crippen LogP contribution in [0.4, 0.5) is 0 Å². The lowest BCUT2D eigenvalue weighted by Gasteiger charge is -2.15. The monoisotopic (exact) mass is 182 g/mol.